The summed E-state index contributed by atoms with van der Waals surface area (Å²) in [6.07, 6.45) is 0. The quantitative estimate of drug-likeness (QED) is 0.571. The molecule has 2 aromatic carbocycles. The second kappa shape index (κ2) is 6.62. The zero-order valence-electron chi connectivity index (χ0n) is 10.6. The number of hydrogen-bond donors (Lipinski definition) is 0. The average Bonchev–Trinajstić information content (AvgIpc) is 2.46. The van der Waals surface area contributed by atoms with E-state index >= 15 is 0 Å². The zero-order chi connectivity index (χ0) is 14.5. The fourth-order valence-electron chi connectivity index (χ4n) is 1.53. The number of rotatable bonds is 6. The van der Waals surface area contributed by atoms with Crippen molar-refractivity contribution in [3.05, 3.63) is 71.8 Å². The molecule has 0 fully saturated rings. The van der Waals surface area contributed by atoms with Gasteiger partial charge >= 0.3 is 133 Å². The van der Waals surface area contributed by atoms with Crippen LogP contribution in [0, 0.1) is 0 Å². The Kier molecular flexibility index (Phi) is 5.30. The van der Waals surface area contributed by atoms with E-state index in [9.17, 15) is 0 Å². The third-order valence-corrected chi connectivity index (χ3v) is 5.36. The van der Waals surface area contributed by atoms with E-state index in [-0.39, 0.29) is 13.2 Å². The molecule has 0 atom stereocenters. The molecule has 2 aromatic rings. The summed E-state index contributed by atoms with van der Waals surface area (Å²) in [5, 5.41) is -4.12. The molecule has 0 aliphatic rings. The predicted molar refractivity (Wildman–Crippen MR) is 86.9 cm³/mol. The molecule has 6 heteroatoms. The first-order valence-corrected chi connectivity index (χ1v) is 10.8. The van der Waals surface area contributed by atoms with Crippen molar-refractivity contribution in [2.24, 2.45) is 0 Å². The van der Waals surface area contributed by atoms with Crippen molar-refractivity contribution in [1.82, 2.24) is 0 Å². The molecule has 108 valence electrons. The van der Waals surface area contributed by atoms with Crippen LogP contribution in [0.5, 0.6) is 0 Å². The van der Waals surface area contributed by atoms with Gasteiger partial charge in [0.25, 0.3) is 0 Å². The maximum atomic E-state index is 6.11. The second-order valence-corrected chi connectivity index (χ2v) is 13.2. The fraction of sp³-hybridized carbons (Fsp3) is 0.143. The van der Waals surface area contributed by atoms with E-state index in [0.717, 1.165) is 11.1 Å². The van der Waals surface area contributed by atoms with Crippen molar-refractivity contribution in [2.75, 3.05) is 0 Å². The Morgan fingerprint density at radius 2 is 1.00 bits per heavy atom. The van der Waals surface area contributed by atoms with Crippen molar-refractivity contribution in [3.8, 4) is 0 Å². The molecule has 2 nitrogen and oxygen atoms in total. The molecule has 2 rings (SSSR count). The van der Waals surface area contributed by atoms with E-state index in [1.165, 1.54) is 0 Å². The first-order chi connectivity index (χ1) is 9.42. The summed E-state index contributed by atoms with van der Waals surface area (Å²) in [6, 6.07) is 19.0. The molecule has 0 radical (unpaired) electrons. The molecular formula is C14H14Cl3O2P. The number of benzene rings is 2. The molecule has 0 bridgehead atoms. The summed E-state index contributed by atoms with van der Waals surface area (Å²) in [5.41, 5.74) is 1.85. The first kappa shape index (κ1) is 16.0. The van der Waals surface area contributed by atoms with Crippen LogP contribution in [0.2, 0.25) is 0 Å². The van der Waals surface area contributed by atoms with Crippen LogP contribution in [0.3, 0.4) is 0 Å². The van der Waals surface area contributed by atoms with Gasteiger partial charge < -0.3 is 0 Å². The third kappa shape index (κ3) is 5.57. The fourth-order valence-corrected chi connectivity index (χ4v) is 3.18. The Bertz CT molecular complexity index is 493. The minimum atomic E-state index is -4.12. The molecular weight excluding hydrogens is 337 g/mol. The van der Waals surface area contributed by atoms with E-state index in [1.54, 1.807) is 0 Å². The Labute approximate surface area is 133 Å². The summed E-state index contributed by atoms with van der Waals surface area (Å²) in [7, 11) is 0. The first-order valence-electron chi connectivity index (χ1n) is 5.98. The van der Waals surface area contributed by atoms with Crippen LogP contribution >= 0.6 is 38.8 Å². The average molecular weight is 352 g/mol. The van der Waals surface area contributed by atoms with Crippen LogP contribution in [-0.2, 0) is 22.3 Å². The Hall–Kier alpha value is -0.340. The SMILES string of the molecule is ClP(Cl)(Cl)(OCc1ccccc1)OCc1ccccc1. The van der Waals surface area contributed by atoms with Crippen LogP contribution < -0.4 is 0 Å². The number of hydrogen-bond acceptors (Lipinski definition) is 2. The van der Waals surface area contributed by atoms with Crippen LogP contribution in [0.15, 0.2) is 60.7 Å². The van der Waals surface area contributed by atoms with E-state index in [4.69, 9.17) is 42.8 Å². The van der Waals surface area contributed by atoms with Gasteiger partial charge in [-0.25, -0.2) is 0 Å². The normalized spacial score (nSPS) is 13.7. The Morgan fingerprint density at radius 3 is 1.35 bits per heavy atom. The molecule has 0 spiro atoms. The third-order valence-electron chi connectivity index (χ3n) is 2.55. The summed E-state index contributed by atoms with van der Waals surface area (Å²) in [5.74, 6) is 0. The topological polar surface area (TPSA) is 18.5 Å². The minimum absolute atomic E-state index is 0.198. The Morgan fingerprint density at radius 1 is 0.650 bits per heavy atom. The van der Waals surface area contributed by atoms with Crippen LogP contribution in [-0.4, -0.2) is 0 Å². The van der Waals surface area contributed by atoms with Crippen LogP contribution in [0.1, 0.15) is 11.1 Å². The van der Waals surface area contributed by atoms with Gasteiger partial charge in [0.05, 0.1) is 0 Å². The van der Waals surface area contributed by atoms with Crippen molar-refractivity contribution >= 4 is 38.8 Å². The van der Waals surface area contributed by atoms with Crippen molar-refractivity contribution in [3.63, 3.8) is 0 Å². The molecule has 0 saturated heterocycles. The molecule has 20 heavy (non-hydrogen) atoms. The standard InChI is InChI=1S/C14H14Cl3O2P/c15-20(16,17,18-11-13-7-3-1-4-8-13)19-12-14-9-5-2-6-10-14/h1-10H,11-12H2. The van der Waals surface area contributed by atoms with Crippen LogP contribution in [0.4, 0.5) is 0 Å². The molecule has 0 heterocycles. The Balaban J connectivity index is 1.93. The maximum absolute atomic E-state index is 6.11. The van der Waals surface area contributed by atoms with Gasteiger partial charge in [0, 0.05) is 0 Å². The molecule has 0 aliphatic carbocycles. The predicted octanol–water partition coefficient (Wildman–Crippen LogP) is 6.26. The van der Waals surface area contributed by atoms with E-state index in [2.05, 4.69) is 0 Å². The molecule has 0 aliphatic heterocycles. The monoisotopic (exact) mass is 350 g/mol. The van der Waals surface area contributed by atoms with Gasteiger partial charge in [-0.2, -0.15) is 0 Å². The van der Waals surface area contributed by atoms with Gasteiger partial charge in [0.1, 0.15) is 0 Å². The van der Waals surface area contributed by atoms with E-state index in [0.29, 0.717) is 0 Å². The second-order valence-electron chi connectivity index (χ2n) is 4.20. The van der Waals surface area contributed by atoms with E-state index < -0.39 is 5.12 Å². The van der Waals surface area contributed by atoms with Gasteiger partial charge in [0.15, 0.2) is 0 Å². The van der Waals surface area contributed by atoms with Gasteiger partial charge in [-0.05, 0) is 0 Å². The summed E-state index contributed by atoms with van der Waals surface area (Å²) < 4.78 is 10.9. The molecule has 0 saturated carbocycles. The molecule has 0 unspecified atom stereocenters. The van der Waals surface area contributed by atoms with Crippen molar-refractivity contribution in [1.29, 1.82) is 0 Å². The van der Waals surface area contributed by atoms with Crippen molar-refractivity contribution in [2.45, 2.75) is 13.2 Å². The van der Waals surface area contributed by atoms with Crippen molar-refractivity contribution < 1.29 is 9.05 Å². The van der Waals surface area contributed by atoms with Gasteiger partial charge in [-0.15, -0.1) is 0 Å². The van der Waals surface area contributed by atoms with Gasteiger partial charge in [0.2, 0.25) is 0 Å². The van der Waals surface area contributed by atoms with Crippen LogP contribution in [0.25, 0.3) is 0 Å². The number of halogens is 3. The molecule has 0 aromatic heterocycles. The summed E-state index contributed by atoms with van der Waals surface area (Å²) in [4.78, 5) is 0. The zero-order valence-corrected chi connectivity index (χ0v) is 13.7. The molecule has 0 amide bonds. The summed E-state index contributed by atoms with van der Waals surface area (Å²) in [6.45, 7) is 0.397. The van der Waals surface area contributed by atoms with E-state index in [1.807, 2.05) is 60.7 Å². The summed E-state index contributed by atoms with van der Waals surface area (Å²) >= 11 is 18.3. The molecule has 0 N–H and O–H groups in total. The van der Waals surface area contributed by atoms with Gasteiger partial charge in [-0.3, -0.25) is 0 Å². The van der Waals surface area contributed by atoms with Gasteiger partial charge in [-0.1, -0.05) is 0 Å².